The highest BCUT2D eigenvalue weighted by Crippen LogP contribution is 2.18. The monoisotopic (exact) mass is 269 g/mol. The van der Waals surface area contributed by atoms with Gasteiger partial charge in [-0.15, -0.1) is 0 Å². The van der Waals surface area contributed by atoms with Crippen molar-refractivity contribution in [2.75, 3.05) is 0 Å². The molecule has 0 aliphatic heterocycles. The number of carbonyl (C=O) groups excluding carboxylic acids is 2. The molecule has 0 saturated carbocycles. The fourth-order valence-corrected chi connectivity index (χ4v) is 1.79. The number of nitrogens with one attached hydrogen (secondary N) is 1. The Kier molecular flexibility index (Phi) is 5.00. The quantitative estimate of drug-likeness (QED) is 0.357. The number of quaternary nitrogens is 1. The van der Waals surface area contributed by atoms with Crippen LogP contribution >= 0.6 is 0 Å². The second kappa shape index (κ2) is 6.29. The highest BCUT2D eigenvalue weighted by atomic mass is 16.3. The van der Waals surface area contributed by atoms with E-state index in [4.69, 9.17) is 11.0 Å². The van der Waals surface area contributed by atoms with Crippen LogP contribution in [0, 0.1) is 11.3 Å². The van der Waals surface area contributed by atoms with Crippen LogP contribution in [0.2, 0.25) is 0 Å². The Bertz CT molecular complexity index is 442. The summed E-state index contributed by atoms with van der Waals surface area (Å²) >= 11 is 0. The Morgan fingerprint density at radius 3 is 2.74 bits per heavy atom. The molecule has 0 aromatic heterocycles. The van der Waals surface area contributed by atoms with E-state index in [9.17, 15) is 19.8 Å². The summed E-state index contributed by atoms with van der Waals surface area (Å²) in [6.07, 6.45) is -0.958. The molecule has 0 aromatic carbocycles. The molecule has 0 fully saturated rings. The summed E-state index contributed by atoms with van der Waals surface area (Å²) in [7, 11) is 0. The summed E-state index contributed by atoms with van der Waals surface area (Å²) in [6.45, 7) is 0. The van der Waals surface area contributed by atoms with E-state index >= 15 is 0 Å². The van der Waals surface area contributed by atoms with Gasteiger partial charge in [0.2, 0.25) is 11.8 Å². The summed E-state index contributed by atoms with van der Waals surface area (Å²) < 4.78 is 0. The molecule has 1 aliphatic carbocycles. The number of hydrogen-bond acceptors (Lipinski definition) is 5. The van der Waals surface area contributed by atoms with Crippen molar-refractivity contribution in [2.24, 2.45) is 5.73 Å². The Morgan fingerprint density at radius 1 is 1.63 bits per heavy atom. The SMILES string of the molecule is N#CC[C@@H](NC(=O)C1=C[C@@H]([NH3+])[C@@H](O)[C@H](O)C1)C(N)=O. The Labute approximate surface area is 109 Å². The third kappa shape index (κ3) is 3.75. The van der Waals surface area contributed by atoms with Crippen LogP contribution in [0.3, 0.4) is 0 Å². The topological polar surface area (TPSA) is 164 Å². The van der Waals surface area contributed by atoms with Crippen molar-refractivity contribution < 1.29 is 25.5 Å². The number of carbonyl (C=O) groups is 2. The van der Waals surface area contributed by atoms with Gasteiger partial charge in [0.25, 0.3) is 0 Å². The molecule has 8 N–H and O–H groups in total. The Morgan fingerprint density at radius 2 is 2.26 bits per heavy atom. The summed E-state index contributed by atoms with van der Waals surface area (Å²) in [6, 6.07) is 0.0491. The van der Waals surface area contributed by atoms with Gasteiger partial charge < -0.3 is 27.0 Å². The van der Waals surface area contributed by atoms with E-state index < -0.39 is 36.1 Å². The molecule has 104 valence electrons. The Balaban J connectivity index is 2.76. The van der Waals surface area contributed by atoms with Gasteiger partial charge >= 0.3 is 0 Å². The number of aliphatic hydroxyl groups excluding tert-OH is 2. The third-order valence-corrected chi connectivity index (χ3v) is 2.91. The highest BCUT2D eigenvalue weighted by Gasteiger charge is 2.33. The average Bonchev–Trinajstić information content (AvgIpc) is 2.34. The van der Waals surface area contributed by atoms with Crippen LogP contribution in [0.4, 0.5) is 0 Å². The molecule has 0 saturated heterocycles. The minimum atomic E-state index is -1.09. The molecular formula is C11H17N4O4+. The highest BCUT2D eigenvalue weighted by molar-refractivity contribution is 5.97. The normalized spacial score (nSPS) is 27.9. The van der Waals surface area contributed by atoms with E-state index in [0.717, 1.165) is 0 Å². The maximum Gasteiger partial charge on any atom is 0.247 e. The van der Waals surface area contributed by atoms with Crippen molar-refractivity contribution in [3.63, 3.8) is 0 Å². The van der Waals surface area contributed by atoms with Crippen molar-refractivity contribution in [3.8, 4) is 6.07 Å². The number of nitriles is 1. The van der Waals surface area contributed by atoms with E-state index in [2.05, 4.69) is 11.1 Å². The maximum absolute atomic E-state index is 11.9. The summed E-state index contributed by atoms with van der Waals surface area (Å²) in [5.41, 5.74) is 8.86. The number of aliphatic hydroxyl groups is 2. The molecule has 8 heteroatoms. The predicted molar refractivity (Wildman–Crippen MR) is 62.7 cm³/mol. The van der Waals surface area contributed by atoms with Crippen molar-refractivity contribution >= 4 is 11.8 Å². The molecule has 1 aliphatic rings. The van der Waals surface area contributed by atoms with Gasteiger partial charge in [0.1, 0.15) is 18.2 Å². The van der Waals surface area contributed by atoms with Gasteiger partial charge in [0, 0.05) is 12.0 Å². The summed E-state index contributed by atoms with van der Waals surface area (Å²) in [5, 5.41) is 29.9. The van der Waals surface area contributed by atoms with Gasteiger partial charge in [-0.1, -0.05) is 0 Å². The molecule has 1 rings (SSSR count). The van der Waals surface area contributed by atoms with Gasteiger partial charge in [-0.3, -0.25) is 9.59 Å². The lowest BCUT2D eigenvalue weighted by atomic mass is 9.90. The van der Waals surface area contributed by atoms with Crippen LogP contribution in [0.25, 0.3) is 0 Å². The molecular weight excluding hydrogens is 252 g/mol. The number of amides is 2. The largest absolute Gasteiger partial charge is 0.390 e. The van der Waals surface area contributed by atoms with Gasteiger partial charge in [0.05, 0.1) is 18.6 Å². The van der Waals surface area contributed by atoms with Crippen LogP contribution in [-0.4, -0.2) is 46.3 Å². The van der Waals surface area contributed by atoms with E-state index in [0.29, 0.717) is 0 Å². The number of nitrogens with two attached hydrogens (primary N) is 1. The van der Waals surface area contributed by atoms with E-state index in [-0.39, 0.29) is 18.4 Å². The van der Waals surface area contributed by atoms with Gasteiger partial charge in [-0.05, 0) is 6.08 Å². The molecule has 0 heterocycles. The van der Waals surface area contributed by atoms with Gasteiger partial charge in [-0.2, -0.15) is 5.26 Å². The first-order chi connectivity index (χ1) is 8.86. The van der Waals surface area contributed by atoms with E-state index in [1.54, 1.807) is 6.07 Å². The van der Waals surface area contributed by atoms with E-state index in [1.165, 1.54) is 6.08 Å². The lowest BCUT2D eigenvalue weighted by molar-refractivity contribution is -0.426. The first-order valence-electron chi connectivity index (χ1n) is 5.73. The zero-order valence-electron chi connectivity index (χ0n) is 10.2. The minimum Gasteiger partial charge on any atom is -0.390 e. The smallest absolute Gasteiger partial charge is 0.247 e. The van der Waals surface area contributed by atoms with Gasteiger partial charge in [-0.25, -0.2) is 0 Å². The minimum absolute atomic E-state index is 0.0446. The maximum atomic E-state index is 11.9. The number of rotatable bonds is 4. The molecule has 19 heavy (non-hydrogen) atoms. The van der Waals surface area contributed by atoms with Crippen LogP contribution in [0.15, 0.2) is 11.6 Å². The number of primary amides is 1. The first-order valence-corrected chi connectivity index (χ1v) is 5.73. The lowest BCUT2D eigenvalue weighted by Gasteiger charge is -2.26. The molecule has 2 amide bonds. The standard InChI is InChI=1S/C11H16N4O4/c12-2-1-7(10(14)18)15-11(19)5-3-6(13)9(17)8(16)4-5/h3,6-9,16-17H,1,4,13H2,(H2,14,18)(H,15,19)/p+1/t6-,7-,8-,9-/m1/s1. The average molecular weight is 269 g/mol. The van der Waals surface area contributed by atoms with Crippen molar-refractivity contribution in [3.05, 3.63) is 11.6 Å². The van der Waals surface area contributed by atoms with Crippen molar-refractivity contribution in [1.29, 1.82) is 5.26 Å². The van der Waals surface area contributed by atoms with Crippen LogP contribution in [0.1, 0.15) is 12.8 Å². The summed E-state index contributed by atoms with van der Waals surface area (Å²) in [4.78, 5) is 22.9. The molecule has 0 aromatic rings. The molecule has 8 nitrogen and oxygen atoms in total. The number of nitrogens with zero attached hydrogens (tertiary/aromatic N) is 1. The molecule has 0 radical (unpaired) electrons. The third-order valence-electron chi connectivity index (χ3n) is 2.91. The van der Waals surface area contributed by atoms with Crippen molar-refractivity contribution in [1.82, 2.24) is 5.32 Å². The Hall–Kier alpha value is -1.95. The summed E-state index contributed by atoms with van der Waals surface area (Å²) in [5.74, 6) is -1.41. The van der Waals surface area contributed by atoms with Crippen LogP contribution < -0.4 is 16.8 Å². The lowest BCUT2D eigenvalue weighted by Crippen LogP contribution is -2.69. The second-order valence-corrected chi connectivity index (χ2v) is 4.41. The molecule has 0 bridgehead atoms. The molecule has 0 spiro atoms. The van der Waals surface area contributed by atoms with Gasteiger partial charge in [0.15, 0.2) is 0 Å². The first kappa shape index (κ1) is 15.1. The zero-order chi connectivity index (χ0) is 14.6. The fraction of sp³-hybridized carbons (Fsp3) is 0.545. The van der Waals surface area contributed by atoms with E-state index in [1.807, 2.05) is 0 Å². The predicted octanol–water partition coefficient (Wildman–Crippen LogP) is -3.47. The fourth-order valence-electron chi connectivity index (χ4n) is 1.79. The molecule has 0 unspecified atom stereocenters. The van der Waals surface area contributed by atoms with Crippen molar-refractivity contribution in [2.45, 2.75) is 37.1 Å². The molecule has 4 atom stereocenters. The second-order valence-electron chi connectivity index (χ2n) is 4.41. The van der Waals surface area contributed by atoms with Crippen LogP contribution in [-0.2, 0) is 9.59 Å². The number of hydrogen-bond donors (Lipinski definition) is 5. The van der Waals surface area contributed by atoms with Crippen LogP contribution in [0.5, 0.6) is 0 Å². The zero-order valence-corrected chi connectivity index (χ0v) is 10.2.